The van der Waals surface area contributed by atoms with E-state index in [4.69, 9.17) is 4.74 Å². The third-order valence-electron chi connectivity index (χ3n) is 3.23. The first-order chi connectivity index (χ1) is 8.61. The van der Waals surface area contributed by atoms with Crippen molar-refractivity contribution in [2.45, 2.75) is 72.1 Å². The zero-order chi connectivity index (χ0) is 13.8. The lowest BCUT2D eigenvalue weighted by Gasteiger charge is -2.16. The summed E-state index contributed by atoms with van der Waals surface area (Å²) in [7, 11) is 0. The Bertz CT molecular complexity index is 223. The minimum atomic E-state index is -0.244. The summed E-state index contributed by atoms with van der Waals surface area (Å²) in [5.74, 6) is 0.289. The van der Waals surface area contributed by atoms with E-state index in [0.29, 0.717) is 18.1 Å². The third kappa shape index (κ3) is 9.26. The predicted molar refractivity (Wildman–Crippen MR) is 77.5 cm³/mol. The summed E-state index contributed by atoms with van der Waals surface area (Å²) in [6.45, 7) is 10.3. The van der Waals surface area contributed by atoms with Gasteiger partial charge in [-0.05, 0) is 25.7 Å². The molecule has 0 rings (SSSR count). The van der Waals surface area contributed by atoms with Crippen LogP contribution in [-0.2, 0) is 9.53 Å². The van der Waals surface area contributed by atoms with Crippen molar-refractivity contribution in [3.8, 4) is 0 Å². The van der Waals surface area contributed by atoms with Crippen molar-refractivity contribution in [1.29, 1.82) is 0 Å². The fourth-order valence-electron chi connectivity index (χ4n) is 1.99. The Morgan fingerprint density at radius 1 is 1.06 bits per heavy atom. The van der Waals surface area contributed by atoms with Crippen LogP contribution in [0.4, 0.5) is 0 Å². The molecule has 0 aromatic rings. The Morgan fingerprint density at radius 2 is 1.56 bits per heavy atom. The Balaban J connectivity index is 3.94. The minimum Gasteiger partial charge on any atom is -0.462 e. The molecule has 18 heavy (non-hydrogen) atoms. The molecule has 106 valence electrons. The summed E-state index contributed by atoms with van der Waals surface area (Å²) in [5.41, 5.74) is 0.496. The maximum Gasteiger partial charge on any atom is 0.333 e. The number of unbranched alkanes of at least 4 members (excludes halogenated alkanes) is 4. The van der Waals surface area contributed by atoms with Gasteiger partial charge < -0.3 is 4.74 Å². The lowest BCUT2D eigenvalue weighted by Crippen LogP contribution is -2.15. The highest BCUT2D eigenvalue weighted by molar-refractivity contribution is 5.86. The number of rotatable bonds is 11. The van der Waals surface area contributed by atoms with E-state index in [1.54, 1.807) is 6.92 Å². The van der Waals surface area contributed by atoms with Crippen LogP contribution in [0.5, 0.6) is 0 Å². The molecule has 0 unspecified atom stereocenters. The second-order valence-electron chi connectivity index (χ2n) is 5.24. The van der Waals surface area contributed by atoms with E-state index in [-0.39, 0.29) is 5.97 Å². The SMILES string of the molecule is C=C(C)C(=O)OCC(CCCCC)CCCCC. The molecular weight excluding hydrogens is 224 g/mol. The van der Waals surface area contributed by atoms with E-state index in [1.807, 2.05) is 0 Å². The molecule has 0 saturated carbocycles. The van der Waals surface area contributed by atoms with Crippen LogP contribution < -0.4 is 0 Å². The van der Waals surface area contributed by atoms with E-state index in [1.165, 1.54) is 51.4 Å². The molecule has 0 aliphatic carbocycles. The standard InChI is InChI=1S/C16H30O2/c1-5-7-9-11-15(12-10-8-6-2)13-18-16(17)14(3)4/h15H,3,5-13H2,1-2,4H3. The van der Waals surface area contributed by atoms with Crippen LogP contribution in [0.2, 0.25) is 0 Å². The fourth-order valence-corrected chi connectivity index (χ4v) is 1.99. The maximum absolute atomic E-state index is 11.4. The second-order valence-corrected chi connectivity index (χ2v) is 5.24. The van der Waals surface area contributed by atoms with Crippen molar-refractivity contribution in [2.24, 2.45) is 5.92 Å². The molecule has 0 bridgehead atoms. The number of carbonyl (C=O) groups is 1. The van der Waals surface area contributed by atoms with Gasteiger partial charge >= 0.3 is 5.97 Å². The van der Waals surface area contributed by atoms with Gasteiger partial charge in [0.1, 0.15) is 0 Å². The average molecular weight is 254 g/mol. The molecule has 0 saturated heterocycles. The lowest BCUT2D eigenvalue weighted by molar-refractivity contribution is -0.140. The summed E-state index contributed by atoms with van der Waals surface area (Å²) in [6.07, 6.45) is 9.90. The van der Waals surface area contributed by atoms with E-state index in [2.05, 4.69) is 20.4 Å². The van der Waals surface area contributed by atoms with Gasteiger partial charge in [0, 0.05) is 5.57 Å². The maximum atomic E-state index is 11.4. The van der Waals surface area contributed by atoms with Gasteiger partial charge in [-0.15, -0.1) is 0 Å². The first-order valence-electron chi connectivity index (χ1n) is 7.44. The Labute approximate surface area is 113 Å². The van der Waals surface area contributed by atoms with Crippen LogP contribution in [0.25, 0.3) is 0 Å². The summed E-state index contributed by atoms with van der Waals surface area (Å²) in [4.78, 5) is 11.4. The first-order valence-corrected chi connectivity index (χ1v) is 7.44. The third-order valence-corrected chi connectivity index (χ3v) is 3.23. The zero-order valence-electron chi connectivity index (χ0n) is 12.5. The van der Waals surface area contributed by atoms with Gasteiger partial charge in [0.25, 0.3) is 0 Å². The number of esters is 1. The molecule has 0 aliphatic heterocycles. The van der Waals surface area contributed by atoms with Gasteiger partial charge in [0.15, 0.2) is 0 Å². The van der Waals surface area contributed by atoms with Gasteiger partial charge in [0.2, 0.25) is 0 Å². The number of hydrogen-bond donors (Lipinski definition) is 0. The summed E-state index contributed by atoms with van der Waals surface area (Å²) < 4.78 is 5.29. The molecule has 0 atom stereocenters. The van der Waals surface area contributed by atoms with Crippen molar-refractivity contribution in [1.82, 2.24) is 0 Å². The van der Waals surface area contributed by atoms with E-state index < -0.39 is 0 Å². The molecule has 0 aromatic heterocycles. The molecule has 2 nitrogen and oxygen atoms in total. The second kappa shape index (κ2) is 11.3. The lowest BCUT2D eigenvalue weighted by atomic mass is 9.96. The molecule has 0 amide bonds. The smallest absolute Gasteiger partial charge is 0.333 e. The molecule has 0 spiro atoms. The van der Waals surface area contributed by atoms with Crippen LogP contribution >= 0.6 is 0 Å². The van der Waals surface area contributed by atoms with Gasteiger partial charge in [0.05, 0.1) is 6.61 Å². The van der Waals surface area contributed by atoms with Crippen LogP contribution in [0, 0.1) is 5.92 Å². The molecule has 0 fully saturated rings. The van der Waals surface area contributed by atoms with Gasteiger partial charge in [-0.1, -0.05) is 59.0 Å². The summed E-state index contributed by atoms with van der Waals surface area (Å²) in [5, 5.41) is 0. The summed E-state index contributed by atoms with van der Waals surface area (Å²) in [6, 6.07) is 0. The Kier molecular flexibility index (Phi) is 10.8. The van der Waals surface area contributed by atoms with E-state index in [9.17, 15) is 4.79 Å². The van der Waals surface area contributed by atoms with Crippen LogP contribution in [0.1, 0.15) is 72.1 Å². The zero-order valence-corrected chi connectivity index (χ0v) is 12.5. The number of hydrogen-bond acceptors (Lipinski definition) is 2. The summed E-state index contributed by atoms with van der Waals surface area (Å²) >= 11 is 0. The Hall–Kier alpha value is -0.790. The molecule has 0 N–H and O–H groups in total. The quantitative estimate of drug-likeness (QED) is 0.298. The minimum absolute atomic E-state index is 0.244. The first kappa shape index (κ1) is 17.2. The molecule has 0 aliphatic rings. The highest BCUT2D eigenvalue weighted by atomic mass is 16.5. The van der Waals surface area contributed by atoms with Crippen LogP contribution in [0.15, 0.2) is 12.2 Å². The molecular formula is C16H30O2. The van der Waals surface area contributed by atoms with Crippen LogP contribution in [0.3, 0.4) is 0 Å². The fraction of sp³-hybridized carbons (Fsp3) is 0.812. The number of carbonyl (C=O) groups excluding carboxylic acids is 1. The topological polar surface area (TPSA) is 26.3 Å². The van der Waals surface area contributed by atoms with Crippen molar-refractivity contribution in [2.75, 3.05) is 6.61 Å². The number of ether oxygens (including phenoxy) is 1. The van der Waals surface area contributed by atoms with Crippen molar-refractivity contribution in [3.05, 3.63) is 12.2 Å². The highest BCUT2D eigenvalue weighted by Crippen LogP contribution is 2.18. The van der Waals surface area contributed by atoms with E-state index >= 15 is 0 Å². The highest BCUT2D eigenvalue weighted by Gasteiger charge is 2.12. The van der Waals surface area contributed by atoms with Crippen LogP contribution in [-0.4, -0.2) is 12.6 Å². The Morgan fingerprint density at radius 3 is 1.94 bits per heavy atom. The largest absolute Gasteiger partial charge is 0.462 e. The molecule has 0 heterocycles. The normalized spacial score (nSPS) is 10.7. The molecule has 0 aromatic carbocycles. The van der Waals surface area contributed by atoms with Gasteiger partial charge in [-0.3, -0.25) is 0 Å². The monoisotopic (exact) mass is 254 g/mol. The molecule has 0 radical (unpaired) electrons. The average Bonchev–Trinajstić information content (AvgIpc) is 2.35. The predicted octanol–water partition coefficient (Wildman–Crippen LogP) is 4.88. The van der Waals surface area contributed by atoms with E-state index in [0.717, 1.165) is 0 Å². The van der Waals surface area contributed by atoms with Crippen molar-refractivity contribution in [3.63, 3.8) is 0 Å². The van der Waals surface area contributed by atoms with Crippen molar-refractivity contribution < 1.29 is 9.53 Å². The van der Waals surface area contributed by atoms with Crippen molar-refractivity contribution >= 4 is 5.97 Å². The van der Waals surface area contributed by atoms with Gasteiger partial charge in [-0.2, -0.15) is 0 Å². The van der Waals surface area contributed by atoms with Gasteiger partial charge in [-0.25, -0.2) is 4.79 Å². The molecule has 2 heteroatoms.